The summed E-state index contributed by atoms with van der Waals surface area (Å²) in [6.07, 6.45) is 0. The maximum absolute atomic E-state index is 12.1. The van der Waals surface area contributed by atoms with E-state index in [4.69, 9.17) is 5.11 Å². The van der Waals surface area contributed by atoms with Gasteiger partial charge in [0.05, 0.1) is 11.3 Å². The number of aromatic hydroxyl groups is 2. The van der Waals surface area contributed by atoms with Crippen molar-refractivity contribution in [1.82, 2.24) is 0 Å². The molecule has 1 amide bonds. The van der Waals surface area contributed by atoms with Crippen molar-refractivity contribution < 1.29 is 24.9 Å². The molecule has 6 nitrogen and oxygen atoms in total. The Labute approximate surface area is 120 Å². The highest BCUT2D eigenvalue weighted by Gasteiger charge is 2.17. The topological polar surface area (TPSA) is 107 Å². The van der Waals surface area contributed by atoms with Crippen molar-refractivity contribution in [2.24, 2.45) is 0 Å². The van der Waals surface area contributed by atoms with Crippen molar-refractivity contribution in [1.29, 1.82) is 0 Å². The summed E-state index contributed by atoms with van der Waals surface area (Å²) in [4.78, 5) is 23.0. The van der Waals surface area contributed by atoms with E-state index in [1.54, 1.807) is 13.0 Å². The van der Waals surface area contributed by atoms with Crippen molar-refractivity contribution in [3.63, 3.8) is 0 Å². The van der Waals surface area contributed by atoms with Crippen LogP contribution in [0.25, 0.3) is 0 Å². The van der Waals surface area contributed by atoms with E-state index in [1.165, 1.54) is 30.3 Å². The molecule has 108 valence electrons. The summed E-state index contributed by atoms with van der Waals surface area (Å²) in [5.74, 6) is -2.69. The molecule has 0 bridgehead atoms. The number of phenolic OH excluding ortho intramolecular Hbond substituents is 1. The molecule has 0 unspecified atom stereocenters. The summed E-state index contributed by atoms with van der Waals surface area (Å²) in [6.45, 7) is 1.76. The number of amides is 1. The normalized spacial score (nSPS) is 10.1. The Morgan fingerprint density at radius 1 is 1.05 bits per heavy atom. The number of benzene rings is 2. The Bertz CT molecular complexity index is 724. The number of aryl methyl sites for hydroxylation is 1. The third kappa shape index (κ3) is 2.94. The van der Waals surface area contributed by atoms with Crippen molar-refractivity contribution in [2.45, 2.75) is 6.92 Å². The highest BCUT2D eigenvalue weighted by Crippen LogP contribution is 2.28. The fraction of sp³-hybridized carbons (Fsp3) is 0.0667. The first-order valence-electron chi connectivity index (χ1n) is 6.06. The van der Waals surface area contributed by atoms with Crippen molar-refractivity contribution in [2.75, 3.05) is 5.32 Å². The highest BCUT2D eigenvalue weighted by atomic mass is 16.4. The van der Waals surface area contributed by atoms with E-state index in [-0.39, 0.29) is 22.6 Å². The number of hydrogen-bond acceptors (Lipinski definition) is 4. The molecule has 0 aromatic heterocycles. The lowest BCUT2D eigenvalue weighted by Crippen LogP contribution is -2.13. The maximum Gasteiger partial charge on any atom is 0.339 e. The van der Waals surface area contributed by atoms with Gasteiger partial charge in [-0.15, -0.1) is 0 Å². The first-order chi connectivity index (χ1) is 9.90. The quantitative estimate of drug-likeness (QED) is 0.648. The fourth-order valence-electron chi connectivity index (χ4n) is 1.84. The van der Waals surface area contributed by atoms with Crippen LogP contribution in [-0.4, -0.2) is 27.2 Å². The van der Waals surface area contributed by atoms with Crippen LogP contribution in [0.5, 0.6) is 11.5 Å². The van der Waals surface area contributed by atoms with Gasteiger partial charge in [0, 0.05) is 0 Å². The van der Waals surface area contributed by atoms with E-state index in [0.29, 0.717) is 0 Å². The molecular formula is C15H13NO5. The van der Waals surface area contributed by atoms with Crippen molar-refractivity contribution in [3.8, 4) is 11.5 Å². The van der Waals surface area contributed by atoms with Gasteiger partial charge in [0.25, 0.3) is 5.91 Å². The molecule has 4 N–H and O–H groups in total. The third-order valence-corrected chi connectivity index (χ3v) is 2.91. The number of carbonyl (C=O) groups is 2. The molecule has 0 radical (unpaired) electrons. The first kappa shape index (κ1) is 14.4. The molecule has 0 saturated heterocycles. The predicted octanol–water partition coefficient (Wildman–Crippen LogP) is 2.36. The molecule has 21 heavy (non-hydrogen) atoms. The van der Waals surface area contributed by atoms with Crippen LogP contribution in [0.1, 0.15) is 26.3 Å². The zero-order valence-electron chi connectivity index (χ0n) is 11.1. The molecule has 0 aliphatic rings. The van der Waals surface area contributed by atoms with E-state index in [2.05, 4.69) is 5.32 Å². The van der Waals surface area contributed by atoms with Gasteiger partial charge in [-0.05, 0) is 31.2 Å². The van der Waals surface area contributed by atoms with E-state index in [0.717, 1.165) is 5.56 Å². The van der Waals surface area contributed by atoms with Gasteiger partial charge in [-0.3, -0.25) is 4.79 Å². The van der Waals surface area contributed by atoms with E-state index in [1.807, 2.05) is 0 Å². The van der Waals surface area contributed by atoms with Crippen LogP contribution < -0.4 is 5.32 Å². The monoisotopic (exact) mass is 287 g/mol. The minimum absolute atomic E-state index is 0.0372. The van der Waals surface area contributed by atoms with Gasteiger partial charge in [-0.2, -0.15) is 0 Å². The Hall–Kier alpha value is -3.02. The minimum atomic E-state index is -1.30. The Balaban J connectivity index is 2.34. The van der Waals surface area contributed by atoms with Crippen LogP contribution in [-0.2, 0) is 0 Å². The zero-order valence-corrected chi connectivity index (χ0v) is 11.1. The van der Waals surface area contributed by atoms with Crippen molar-refractivity contribution >= 4 is 17.6 Å². The van der Waals surface area contributed by atoms with Gasteiger partial charge >= 0.3 is 5.97 Å². The Morgan fingerprint density at radius 2 is 1.76 bits per heavy atom. The summed E-state index contributed by atoms with van der Waals surface area (Å²) in [5.41, 5.74) is 0.457. The van der Waals surface area contributed by atoms with Gasteiger partial charge in [0.15, 0.2) is 5.75 Å². The number of carbonyl (C=O) groups excluding carboxylic acids is 1. The standard InChI is InChI=1S/C15H13NO5/c1-8-5-6-12(17)10(7-8)14(19)16-11-4-2-3-9(13(11)18)15(20)21/h2-7,17-18H,1H3,(H,16,19)(H,20,21). The van der Waals surface area contributed by atoms with E-state index in [9.17, 15) is 19.8 Å². The average Bonchev–Trinajstić information content (AvgIpc) is 2.43. The van der Waals surface area contributed by atoms with Gasteiger partial charge in [-0.25, -0.2) is 4.79 Å². The van der Waals surface area contributed by atoms with Gasteiger partial charge in [0.2, 0.25) is 0 Å². The molecule has 0 aliphatic carbocycles. The highest BCUT2D eigenvalue weighted by molar-refractivity contribution is 6.07. The van der Waals surface area contributed by atoms with Crippen LogP contribution in [0.3, 0.4) is 0 Å². The fourth-order valence-corrected chi connectivity index (χ4v) is 1.84. The molecule has 0 saturated carbocycles. The van der Waals surface area contributed by atoms with Crippen LogP contribution in [0.2, 0.25) is 0 Å². The second-order valence-corrected chi connectivity index (χ2v) is 4.48. The lowest BCUT2D eigenvalue weighted by atomic mass is 10.1. The molecule has 0 atom stereocenters. The number of aromatic carboxylic acids is 1. The number of para-hydroxylation sites is 1. The molecule has 2 aromatic carbocycles. The lowest BCUT2D eigenvalue weighted by Gasteiger charge is -2.10. The van der Waals surface area contributed by atoms with Crippen LogP contribution >= 0.6 is 0 Å². The van der Waals surface area contributed by atoms with Crippen molar-refractivity contribution in [3.05, 3.63) is 53.1 Å². The van der Waals surface area contributed by atoms with Gasteiger partial charge in [0.1, 0.15) is 11.3 Å². The predicted molar refractivity (Wildman–Crippen MR) is 75.9 cm³/mol. The first-order valence-corrected chi connectivity index (χ1v) is 6.06. The lowest BCUT2D eigenvalue weighted by molar-refractivity contribution is 0.0693. The minimum Gasteiger partial charge on any atom is -0.507 e. The number of carboxylic acids is 1. The average molecular weight is 287 g/mol. The second-order valence-electron chi connectivity index (χ2n) is 4.48. The Kier molecular flexibility index (Phi) is 3.80. The summed E-state index contributed by atoms with van der Waals surface area (Å²) in [6, 6.07) is 8.51. The molecule has 0 fully saturated rings. The van der Waals surface area contributed by atoms with E-state index >= 15 is 0 Å². The summed E-state index contributed by atoms with van der Waals surface area (Å²) < 4.78 is 0. The molecule has 6 heteroatoms. The smallest absolute Gasteiger partial charge is 0.339 e. The van der Waals surface area contributed by atoms with Crippen LogP contribution in [0, 0.1) is 6.92 Å². The summed E-state index contributed by atoms with van der Waals surface area (Å²) in [5, 5.41) is 30.8. The second kappa shape index (κ2) is 5.54. The number of hydrogen-bond donors (Lipinski definition) is 4. The molecule has 2 aromatic rings. The van der Waals surface area contributed by atoms with E-state index < -0.39 is 17.6 Å². The van der Waals surface area contributed by atoms with Gasteiger partial charge in [-0.1, -0.05) is 17.7 Å². The number of rotatable bonds is 3. The SMILES string of the molecule is Cc1ccc(O)c(C(=O)Nc2cccc(C(=O)O)c2O)c1. The molecule has 0 aliphatic heterocycles. The number of carboxylic acid groups (broad SMARTS) is 1. The number of phenols is 2. The number of anilines is 1. The zero-order chi connectivity index (χ0) is 15.6. The molecule has 2 rings (SSSR count). The summed E-state index contributed by atoms with van der Waals surface area (Å²) in [7, 11) is 0. The van der Waals surface area contributed by atoms with Crippen LogP contribution in [0.15, 0.2) is 36.4 Å². The van der Waals surface area contributed by atoms with Crippen LogP contribution in [0.4, 0.5) is 5.69 Å². The molecule has 0 heterocycles. The van der Waals surface area contributed by atoms with Gasteiger partial charge < -0.3 is 20.6 Å². The third-order valence-electron chi connectivity index (χ3n) is 2.91. The number of nitrogens with one attached hydrogen (secondary N) is 1. The molecule has 0 spiro atoms. The Morgan fingerprint density at radius 3 is 2.43 bits per heavy atom. The molecular weight excluding hydrogens is 274 g/mol. The maximum atomic E-state index is 12.1. The summed E-state index contributed by atoms with van der Waals surface area (Å²) >= 11 is 0. The largest absolute Gasteiger partial charge is 0.507 e.